The molecule has 0 aliphatic heterocycles. The molecule has 1 aliphatic rings. The van der Waals surface area contributed by atoms with E-state index in [0.29, 0.717) is 17.8 Å². The monoisotopic (exact) mass is 288 g/mol. The van der Waals surface area contributed by atoms with Gasteiger partial charge in [-0.05, 0) is 25.8 Å². The van der Waals surface area contributed by atoms with Crippen molar-refractivity contribution < 1.29 is 9.90 Å². The number of hydrogen-bond donors (Lipinski definition) is 3. The van der Waals surface area contributed by atoms with Crippen molar-refractivity contribution in [2.75, 3.05) is 6.54 Å². The topological polar surface area (TPSA) is 90.9 Å². The summed E-state index contributed by atoms with van der Waals surface area (Å²) < 4.78 is 0. The molecule has 0 spiro atoms. The number of nitrogens with one attached hydrogen (secondary N) is 2. The van der Waals surface area contributed by atoms with E-state index < -0.39 is 5.60 Å². The van der Waals surface area contributed by atoms with Gasteiger partial charge < -0.3 is 10.4 Å². The number of amides is 1. The quantitative estimate of drug-likeness (QED) is 0.801. The van der Waals surface area contributed by atoms with Crippen molar-refractivity contribution in [3.05, 3.63) is 23.5 Å². The van der Waals surface area contributed by atoms with Gasteiger partial charge in [0.25, 0.3) is 5.91 Å². The highest BCUT2D eigenvalue weighted by atomic mass is 16.3. The summed E-state index contributed by atoms with van der Waals surface area (Å²) in [5.74, 6) is -0.205. The Morgan fingerprint density at radius 2 is 2.19 bits per heavy atom. The van der Waals surface area contributed by atoms with Crippen LogP contribution >= 0.6 is 0 Å². The summed E-state index contributed by atoms with van der Waals surface area (Å²) in [6, 6.07) is 1.78. The van der Waals surface area contributed by atoms with Crippen molar-refractivity contribution in [1.82, 2.24) is 20.5 Å². The zero-order chi connectivity index (χ0) is 14.9. The number of aromatic nitrogens is 3. The van der Waals surface area contributed by atoms with Crippen LogP contribution in [0.5, 0.6) is 0 Å². The Bertz CT molecular complexity index is 659. The number of aromatic amines is 1. The van der Waals surface area contributed by atoms with Crippen LogP contribution < -0.4 is 5.32 Å². The van der Waals surface area contributed by atoms with Gasteiger partial charge in [0, 0.05) is 23.8 Å². The van der Waals surface area contributed by atoms with Gasteiger partial charge in [-0.2, -0.15) is 5.10 Å². The number of aryl methyl sites for hydroxylation is 1. The summed E-state index contributed by atoms with van der Waals surface area (Å²) in [4.78, 5) is 16.4. The average molecular weight is 288 g/mol. The summed E-state index contributed by atoms with van der Waals surface area (Å²) in [6.07, 6.45) is 6.23. The molecule has 6 nitrogen and oxygen atoms in total. The molecule has 1 amide bonds. The van der Waals surface area contributed by atoms with Crippen LogP contribution in [-0.2, 0) is 0 Å². The van der Waals surface area contributed by atoms with Crippen molar-refractivity contribution in [3.8, 4) is 0 Å². The van der Waals surface area contributed by atoms with Gasteiger partial charge in [0.05, 0.1) is 11.2 Å². The number of pyridine rings is 1. The lowest BCUT2D eigenvalue weighted by molar-refractivity contribution is 0.00525. The van der Waals surface area contributed by atoms with Crippen molar-refractivity contribution in [3.63, 3.8) is 0 Å². The lowest BCUT2D eigenvalue weighted by Crippen LogP contribution is -2.44. The Morgan fingerprint density at radius 3 is 2.95 bits per heavy atom. The van der Waals surface area contributed by atoms with Gasteiger partial charge in [0.2, 0.25) is 0 Å². The van der Waals surface area contributed by atoms with Crippen LogP contribution in [0.3, 0.4) is 0 Å². The molecule has 2 aromatic rings. The van der Waals surface area contributed by atoms with E-state index in [-0.39, 0.29) is 5.91 Å². The van der Waals surface area contributed by atoms with E-state index in [0.717, 1.165) is 43.2 Å². The molecule has 0 unspecified atom stereocenters. The molecule has 1 saturated carbocycles. The third-order valence-electron chi connectivity index (χ3n) is 4.22. The first kappa shape index (κ1) is 14.0. The van der Waals surface area contributed by atoms with Crippen molar-refractivity contribution in [1.29, 1.82) is 0 Å². The standard InChI is InChI=1S/C15H20N4O2/c1-10-12-7-11(8-16-13(12)19-18-10)14(20)17-9-15(21)5-3-2-4-6-15/h7-8,21H,2-6,9H2,1H3,(H,17,20)(H,16,18,19). The number of nitrogens with zero attached hydrogens (tertiary/aromatic N) is 2. The number of H-pyrrole nitrogens is 1. The van der Waals surface area contributed by atoms with E-state index in [1.807, 2.05) is 6.92 Å². The van der Waals surface area contributed by atoms with Crippen molar-refractivity contribution in [2.24, 2.45) is 0 Å². The third kappa shape index (κ3) is 2.90. The zero-order valence-corrected chi connectivity index (χ0v) is 12.1. The number of aliphatic hydroxyl groups is 1. The van der Waals surface area contributed by atoms with E-state index in [1.54, 1.807) is 6.07 Å². The van der Waals surface area contributed by atoms with Crippen LogP contribution in [0.4, 0.5) is 0 Å². The fraction of sp³-hybridized carbons (Fsp3) is 0.533. The molecule has 1 aliphatic carbocycles. The number of carbonyl (C=O) groups excluding carboxylic acids is 1. The minimum atomic E-state index is -0.753. The average Bonchev–Trinajstić information content (AvgIpc) is 2.87. The van der Waals surface area contributed by atoms with E-state index in [1.165, 1.54) is 6.20 Å². The van der Waals surface area contributed by atoms with E-state index in [9.17, 15) is 9.90 Å². The van der Waals surface area contributed by atoms with Crippen LogP contribution in [0.2, 0.25) is 0 Å². The summed E-state index contributed by atoms with van der Waals surface area (Å²) in [7, 11) is 0. The van der Waals surface area contributed by atoms with Crippen molar-refractivity contribution in [2.45, 2.75) is 44.6 Å². The van der Waals surface area contributed by atoms with Gasteiger partial charge in [-0.25, -0.2) is 4.98 Å². The first-order chi connectivity index (χ1) is 10.1. The molecule has 0 aromatic carbocycles. The predicted molar refractivity (Wildman–Crippen MR) is 79.0 cm³/mol. The smallest absolute Gasteiger partial charge is 0.252 e. The van der Waals surface area contributed by atoms with Gasteiger partial charge in [0.15, 0.2) is 5.65 Å². The number of rotatable bonds is 3. The Morgan fingerprint density at radius 1 is 1.43 bits per heavy atom. The van der Waals surface area contributed by atoms with E-state index in [4.69, 9.17) is 0 Å². The molecule has 3 rings (SSSR count). The fourth-order valence-corrected chi connectivity index (χ4v) is 2.88. The Labute approximate surface area is 123 Å². The molecule has 3 N–H and O–H groups in total. The maximum Gasteiger partial charge on any atom is 0.252 e. The van der Waals surface area contributed by atoms with Crippen LogP contribution in [0.25, 0.3) is 11.0 Å². The fourth-order valence-electron chi connectivity index (χ4n) is 2.88. The molecule has 0 atom stereocenters. The molecule has 1 fully saturated rings. The normalized spacial score (nSPS) is 17.8. The molecular formula is C15H20N4O2. The van der Waals surface area contributed by atoms with Gasteiger partial charge in [-0.1, -0.05) is 19.3 Å². The highest BCUT2D eigenvalue weighted by Gasteiger charge is 2.29. The molecule has 0 bridgehead atoms. The second kappa shape index (κ2) is 5.44. The largest absolute Gasteiger partial charge is 0.388 e. The Balaban J connectivity index is 1.70. The van der Waals surface area contributed by atoms with Gasteiger partial charge in [-0.3, -0.25) is 9.89 Å². The van der Waals surface area contributed by atoms with Crippen LogP contribution in [0, 0.1) is 6.92 Å². The van der Waals surface area contributed by atoms with Gasteiger partial charge in [0.1, 0.15) is 0 Å². The maximum absolute atomic E-state index is 12.2. The Kier molecular flexibility index (Phi) is 3.63. The molecule has 21 heavy (non-hydrogen) atoms. The minimum Gasteiger partial charge on any atom is -0.388 e. The molecule has 0 saturated heterocycles. The molecule has 2 heterocycles. The minimum absolute atomic E-state index is 0.205. The number of carbonyl (C=O) groups is 1. The van der Waals surface area contributed by atoms with Crippen LogP contribution in [0.1, 0.15) is 48.2 Å². The highest BCUT2D eigenvalue weighted by molar-refractivity contribution is 5.97. The third-order valence-corrected chi connectivity index (χ3v) is 4.22. The van der Waals surface area contributed by atoms with E-state index in [2.05, 4.69) is 20.5 Å². The molecule has 0 radical (unpaired) electrons. The second-order valence-corrected chi connectivity index (χ2v) is 5.91. The highest BCUT2D eigenvalue weighted by Crippen LogP contribution is 2.27. The maximum atomic E-state index is 12.2. The van der Waals surface area contributed by atoms with Crippen molar-refractivity contribution >= 4 is 16.9 Å². The second-order valence-electron chi connectivity index (χ2n) is 5.91. The summed E-state index contributed by atoms with van der Waals surface area (Å²) >= 11 is 0. The molecule has 112 valence electrons. The molecule has 6 heteroatoms. The summed E-state index contributed by atoms with van der Waals surface area (Å²) in [5.41, 5.74) is 1.23. The van der Waals surface area contributed by atoms with Gasteiger partial charge in [-0.15, -0.1) is 0 Å². The Hall–Kier alpha value is -1.95. The van der Waals surface area contributed by atoms with Gasteiger partial charge >= 0.3 is 0 Å². The molecular weight excluding hydrogens is 268 g/mol. The predicted octanol–water partition coefficient (Wildman–Crippen LogP) is 1.69. The lowest BCUT2D eigenvalue weighted by atomic mass is 9.85. The lowest BCUT2D eigenvalue weighted by Gasteiger charge is -2.32. The SMILES string of the molecule is Cc1[nH]nc2ncc(C(=O)NCC3(O)CCCCC3)cc12. The first-order valence-electron chi connectivity index (χ1n) is 7.39. The van der Waals surface area contributed by atoms with Crippen LogP contribution in [0.15, 0.2) is 12.3 Å². The summed E-state index contributed by atoms with van der Waals surface area (Å²) in [5, 5.41) is 21.0. The first-order valence-corrected chi connectivity index (χ1v) is 7.39. The number of fused-ring (bicyclic) bond motifs is 1. The molecule has 2 aromatic heterocycles. The van der Waals surface area contributed by atoms with E-state index >= 15 is 0 Å². The summed E-state index contributed by atoms with van der Waals surface area (Å²) in [6.45, 7) is 2.19. The zero-order valence-electron chi connectivity index (χ0n) is 12.1. The van der Waals surface area contributed by atoms with Crippen LogP contribution in [-0.4, -0.2) is 38.3 Å². The number of hydrogen-bond acceptors (Lipinski definition) is 4.